The minimum absolute atomic E-state index is 0. The molecule has 4 heteroatoms. The Morgan fingerprint density at radius 2 is 1.86 bits per heavy atom. The molecule has 0 aromatic carbocycles. The van der Waals surface area contributed by atoms with Gasteiger partial charge in [-0.2, -0.15) is 13.3 Å². The van der Waals surface area contributed by atoms with E-state index in [0.717, 1.165) is 12.5 Å². The van der Waals surface area contributed by atoms with Gasteiger partial charge in [0.1, 0.15) is 0 Å². The Bertz CT molecular complexity index is 117. The van der Waals surface area contributed by atoms with Crippen molar-refractivity contribution < 1.29 is 9.90 Å². The molecule has 0 heterocycles. The van der Waals surface area contributed by atoms with E-state index in [-0.39, 0.29) is 37.7 Å². The van der Waals surface area contributed by atoms with Crippen LogP contribution in [0.2, 0.25) is 0 Å². The van der Waals surface area contributed by atoms with Crippen LogP contribution >= 0.6 is 0 Å². The van der Waals surface area contributed by atoms with E-state index in [4.69, 9.17) is 5.11 Å². The Labute approximate surface area is 118 Å². The third-order valence-electron chi connectivity index (χ3n) is 0.722. The second-order valence-corrected chi connectivity index (χ2v) is 2.10. The van der Waals surface area contributed by atoms with Gasteiger partial charge in [0, 0.05) is 6.08 Å². The van der Waals surface area contributed by atoms with Crippen LogP contribution in [0.4, 0.5) is 0 Å². The number of aliphatic carboxylic acids is 1. The number of carboxylic acids is 1. The number of hydrogen-bond acceptors (Lipinski definition) is 2. The number of carbonyl (C=O) groups is 1. The minimum Gasteiger partial charge on any atom is -0.478 e. The molecule has 0 aliphatic rings. The smallest absolute Gasteiger partial charge is 0.478 e. The van der Waals surface area contributed by atoms with E-state index in [1.165, 1.54) is 0 Å². The molecule has 0 radical (unpaired) electrons. The zero-order chi connectivity index (χ0) is 11.3. The molecule has 80 valence electrons. The fourth-order valence-corrected chi connectivity index (χ4v) is 0.365. The summed E-state index contributed by atoms with van der Waals surface area (Å²) in [5.41, 5.74) is 0. The van der Waals surface area contributed by atoms with Crippen molar-refractivity contribution in [3.63, 3.8) is 0 Å². The SMILES string of the molecule is C=CC(=O)O.CC[CH-]N(C)C.[CH2-]C.[Ca+2]. The van der Waals surface area contributed by atoms with E-state index in [1.807, 2.05) is 14.1 Å². The molecule has 0 aromatic heterocycles. The molecule has 0 atom stereocenters. The zero-order valence-electron chi connectivity index (χ0n) is 9.79. The Hall–Kier alpha value is 0.430. The van der Waals surface area contributed by atoms with E-state index in [0.29, 0.717) is 0 Å². The molecule has 0 aliphatic heterocycles. The number of carboxylic acid groups (broad SMARTS) is 1. The van der Waals surface area contributed by atoms with Gasteiger partial charge in [-0.3, -0.25) is 6.54 Å². The van der Waals surface area contributed by atoms with Crippen LogP contribution in [0.3, 0.4) is 0 Å². The molecular formula is C10H21CaNO2. The number of hydrogen-bond donors (Lipinski definition) is 1. The second-order valence-electron chi connectivity index (χ2n) is 2.10. The van der Waals surface area contributed by atoms with Crippen molar-refractivity contribution >= 4 is 43.7 Å². The average Bonchev–Trinajstić information content (AvgIpc) is 2.09. The Morgan fingerprint density at radius 3 is 1.86 bits per heavy atom. The van der Waals surface area contributed by atoms with Crippen molar-refractivity contribution in [3.05, 3.63) is 26.1 Å². The molecule has 0 fully saturated rings. The monoisotopic (exact) mass is 227 g/mol. The molecule has 0 aromatic rings. The van der Waals surface area contributed by atoms with E-state index in [2.05, 4.69) is 31.9 Å². The van der Waals surface area contributed by atoms with Crippen LogP contribution in [-0.2, 0) is 4.79 Å². The normalized spacial score (nSPS) is 7.00. The first kappa shape index (κ1) is 23.9. The largest absolute Gasteiger partial charge is 2.00 e. The van der Waals surface area contributed by atoms with E-state index >= 15 is 0 Å². The van der Waals surface area contributed by atoms with Gasteiger partial charge in [0.25, 0.3) is 0 Å². The third-order valence-corrected chi connectivity index (χ3v) is 0.722. The summed E-state index contributed by atoms with van der Waals surface area (Å²) >= 11 is 0. The van der Waals surface area contributed by atoms with Crippen LogP contribution in [0.25, 0.3) is 0 Å². The van der Waals surface area contributed by atoms with E-state index in [1.54, 1.807) is 6.92 Å². The van der Waals surface area contributed by atoms with Crippen molar-refractivity contribution in [3.8, 4) is 0 Å². The summed E-state index contributed by atoms with van der Waals surface area (Å²) in [6.07, 6.45) is 1.97. The Morgan fingerprint density at radius 1 is 1.57 bits per heavy atom. The molecule has 0 saturated carbocycles. The van der Waals surface area contributed by atoms with E-state index < -0.39 is 5.97 Å². The number of rotatable bonds is 3. The summed E-state index contributed by atoms with van der Waals surface area (Å²) in [7, 11) is 4.06. The summed E-state index contributed by atoms with van der Waals surface area (Å²) in [6.45, 7) is 12.2. The molecule has 0 unspecified atom stereocenters. The van der Waals surface area contributed by atoms with Crippen LogP contribution in [-0.4, -0.2) is 67.8 Å². The first-order valence-corrected chi connectivity index (χ1v) is 4.10. The maximum atomic E-state index is 9.25. The van der Waals surface area contributed by atoms with Crippen LogP contribution < -0.4 is 0 Å². The third kappa shape index (κ3) is 55.1. The molecule has 0 rings (SSSR count). The first-order valence-electron chi connectivity index (χ1n) is 4.10. The fourth-order valence-electron chi connectivity index (χ4n) is 0.365. The number of nitrogens with zero attached hydrogens (tertiary/aromatic N) is 1. The average molecular weight is 227 g/mol. The topological polar surface area (TPSA) is 40.5 Å². The molecule has 0 spiro atoms. The minimum atomic E-state index is -0.981. The van der Waals surface area contributed by atoms with Gasteiger partial charge in [0.2, 0.25) is 0 Å². The van der Waals surface area contributed by atoms with Crippen molar-refractivity contribution in [1.82, 2.24) is 4.90 Å². The van der Waals surface area contributed by atoms with Crippen LogP contribution in [0, 0.1) is 13.5 Å². The fraction of sp³-hybridized carbons (Fsp3) is 0.500. The molecule has 0 aliphatic carbocycles. The maximum Gasteiger partial charge on any atom is 2.00 e. The Kier molecular flexibility index (Phi) is 39.9. The van der Waals surface area contributed by atoms with Crippen LogP contribution in [0.15, 0.2) is 12.7 Å². The predicted molar refractivity (Wildman–Crippen MR) is 62.9 cm³/mol. The second kappa shape index (κ2) is 23.3. The molecule has 0 saturated heterocycles. The summed E-state index contributed by atoms with van der Waals surface area (Å²) in [5.74, 6) is -0.981. The van der Waals surface area contributed by atoms with Gasteiger partial charge in [-0.1, -0.05) is 13.5 Å². The van der Waals surface area contributed by atoms with Gasteiger partial charge in [0.15, 0.2) is 0 Å². The van der Waals surface area contributed by atoms with Gasteiger partial charge >= 0.3 is 43.7 Å². The quantitative estimate of drug-likeness (QED) is 0.454. The summed E-state index contributed by atoms with van der Waals surface area (Å²) in [6, 6.07) is 0. The van der Waals surface area contributed by atoms with Gasteiger partial charge in [-0.05, 0) is 14.1 Å². The molecule has 3 nitrogen and oxygen atoms in total. The first-order chi connectivity index (χ1) is 6.04. The van der Waals surface area contributed by atoms with Crippen molar-refractivity contribution in [2.75, 3.05) is 14.1 Å². The zero-order valence-corrected chi connectivity index (χ0v) is 12.0. The van der Waals surface area contributed by atoms with Gasteiger partial charge in [-0.25, -0.2) is 4.79 Å². The van der Waals surface area contributed by atoms with E-state index in [9.17, 15) is 4.79 Å². The predicted octanol–water partition coefficient (Wildman–Crippen LogP) is 1.84. The maximum absolute atomic E-state index is 9.25. The molecule has 1 N–H and O–H groups in total. The summed E-state index contributed by atoms with van der Waals surface area (Å²) in [5, 5.41) is 7.60. The molecule has 14 heavy (non-hydrogen) atoms. The summed E-state index contributed by atoms with van der Waals surface area (Å²) < 4.78 is 0. The molecule has 0 bridgehead atoms. The van der Waals surface area contributed by atoms with Crippen LogP contribution in [0.5, 0.6) is 0 Å². The Balaban J connectivity index is -0.0000000576. The molecular weight excluding hydrogens is 206 g/mol. The van der Waals surface area contributed by atoms with Crippen molar-refractivity contribution in [2.24, 2.45) is 0 Å². The standard InChI is InChI=1S/C5H12N.C3H4O2.C2H5.Ca/c1-4-5-6(2)3;1-2-3(4)5;1-2;/h5H,4H2,1-3H3;2H,1H2,(H,4,5);1H2,2H3;/q-1;;-1;+2. The molecule has 0 amide bonds. The van der Waals surface area contributed by atoms with Gasteiger partial charge in [-0.15, -0.1) is 0 Å². The van der Waals surface area contributed by atoms with Gasteiger partial charge in [0.05, 0.1) is 0 Å². The van der Waals surface area contributed by atoms with Crippen molar-refractivity contribution in [1.29, 1.82) is 0 Å². The van der Waals surface area contributed by atoms with Crippen molar-refractivity contribution in [2.45, 2.75) is 20.3 Å². The van der Waals surface area contributed by atoms with Gasteiger partial charge < -0.3 is 16.9 Å². The van der Waals surface area contributed by atoms with Crippen LogP contribution in [0.1, 0.15) is 20.3 Å². The summed E-state index contributed by atoms with van der Waals surface area (Å²) in [4.78, 5) is 11.3.